The van der Waals surface area contributed by atoms with E-state index in [1.54, 1.807) is 25.3 Å². The Balaban J connectivity index is 1.76. The van der Waals surface area contributed by atoms with Gasteiger partial charge in [0.1, 0.15) is 12.3 Å². The number of aromatic amines is 1. The van der Waals surface area contributed by atoms with Crippen LogP contribution in [0.3, 0.4) is 0 Å². The molecule has 0 saturated carbocycles. The van der Waals surface area contributed by atoms with E-state index in [0.29, 0.717) is 34.5 Å². The lowest BCUT2D eigenvalue weighted by Crippen LogP contribution is -2.28. The summed E-state index contributed by atoms with van der Waals surface area (Å²) in [5.74, 6) is 0.863. The van der Waals surface area contributed by atoms with Crippen LogP contribution in [0.5, 0.6) is 11.5 Å². The van der Waals surface area contributed by atoms with E-state index in [0.717, 1.165) is 35.0 Å². The van der Waals surface area contributed by atoms with Crippen molar-refractivity contribution in [3.05, 3.63) is 51.6 Å². The van der Waals surface area contributed by atoms with Gasteiger partial charge < -0.3 is 24.7 Å². The number of benzene rings is 2. The number of nitrogens with zero attached hydrogens (tertiary/aromatic N) is 1. The summed E-state index contributed by atoms with van der Waals surface area (Å²) in [5.41, 5.74) is 1.70. The van der Waals surface area contributed by atoms with Crippen LogP contribution in [0, 0.1) is 0 Å². The number of fused-ring (bicyclic) bond motifs is 1. The van der Waals surface area contributed by atoms with E-state index in [9.17, 15) is 4.79 Å². The van der Waals surface area contributed by atoms with Gasteiger partial charge in [-0.25, -0.2) is 0 Å². The molecule has 1 aromatic heterocycles. The van der Waals surface area contributed by atoms with Crippen LogP contribution in [0.2, 0.25) is 5.02 Å². The molecular formula is C22H25BrClN3O3. The van der Waals surface area contributed by atoms with Crippen molar-refractivity contribution in [2.45, 2.75) is 13.8 Å². The lowest BCUT2D eigenvalue weighted by molar-refractivity contribution is 0.102. The number of anilines is 1. The first-order chi connectivity index (χ1) is 14.5. The minimum Gasteiger partial charge on any atom is -0.493 e. The Morgan fingerprint density at radius 3 is 2.63 bits per heavy atom. The Bertz CT molecular complexity index is 1030. The predicted octanol–water partition coefficient (Wildman–Crippen LogP) is 5.57. The van der Waals surface area contributed by atoms with Gasteiger partial charge in [0.05, 0.1) is 12.1 Å². The maximum atomic E-state index is 12.8. The molecule has 1 heterocycles. The molecule has 1 amide bonds. The molecule has 0 radical (unpaired) electrons. The number of H-pyrrole nitrogens is 1. The second-order valence-electron chi connectivity index (χ2n) is 6.70. The third-order valence-corrected chi connectivity index (χ3v) is 5.79. The van der Waals surface area contributed by atoms with Gasteiger partial charge in [-0.1, -0.05) is 41.4 Å². The third-order valence-electron chi connectivity index (χ3n) is 4.91. The number of hydrogen-bond acceptors (Lipinski definition) is 4. The zero-order valence-electron chi connectivity index (χ0n) is 17.2. The van der Waals surface area contributed by atoms with Gasteiger partial charge in [0.25, 0.3) is 5.91 Å². The fraction of sp³-hybridized carbons (Fsp3) is 0.318. The van der Waals surface area contributed by atoms with Crippen molar-refractivity contribution in [2.75, 3.05) is 38.7 Å². The highest BCUT2D eigenvalue weighted by Gasteiger charge is 2.17. The van der Waals surface area contributed by atoms with E-state index in [1.165, 1.54) is 0 Å². The maximum Gasteiger partial charge on any atom is 0.273 e. The second kappa shape index (κ2) is 10.2. The summed E-state index contributed by atoms with van der Waals surface area (Å²) in [4.78, 5) is 18.2. The van der Waals surface area contributed by atoms with E-state index in [4.69, 9.17) is 21.1 Å². The predicted molar refractivity (Wildman–Crippen MR) is 125 cm³/mol. The number of nitrogens with one attached hydrogen (secondary N) is 2. The van der Waals surface area contributed by atoms with Crippen molar-refractivity contribution in [3.63, 3.8) is 0 Å². The van der Waals surface area contributed by atoms with Gasteiger partial charge in [-0.05, 0) is 43.4 Å². The average molecular weight is 495 g/mol. The maximum absolute atomic E-state index is 12.8. The summed E-state index contributed by atoms with van der Waals surface area (Å²) in [7, 11) is 1.59. The number of methoxy groups -OCH3 is 1. The summed E-state index contributed by atoms with van der Waals surface area (Å²) in [6.45, 7) is 7.51. The van der Waals surface area contributed by atoms with E-state index in [2.05, 4.69) is 45.0 Å². The van der Waals surface area contributed by atoms with Crippen molar-refractivity contribution in [1.82, 2.24) is 9.88 Å². The third kappa shape index (κ3) is 5.09. The number of carbonyl (C=O) groups is 1. The lowest BCUT2D eigenvalue weighted by Gasteiger charge is -2.19. The highest BCUT2D eigenvalue weighted by molar-refractivity contribution is 9.10. The summed E-state index contributed by atoms with van der Waals surface area (Å²) < 4.78 is 12.2. The molecule has 0 aliphatic carbocycles. The van der Waals surface area contributed by atoms with Gasteiger partial charge in [-0.15, -0.1) is 0 Å². The van der Waals surface area contributed by atoms with Crippen molar-refractivity contribution in [1.29, 1.82) is 0 Å². The molecule has 3 aromatic rings. The monoisotopic (exact) mass is 493 g/mol. The molecule has 0 saturated heterocycles. The van der Waals surface area contributed by atoms with Crippen LogP contribution in [0.15, 0.2) is 40.9 Å². The van der Waals surface area contributed by atoms with Crippen LogP contribution < -0.4 is 14.8 Å². The molecule has 3 rings (SSSR count). The van der Waals surface area contributed by atoms with Crippen LogP contribution in [0.1, 0.15) is 24.3 Å². The average Bonchev–Trinajstić information content (AvgIpc) is 3.07. The molecule has 0 atom stereocenters. The number of ether oxygens (including phenoxy) is 2. The normalized spacial score (nSPS) is 11.1. The Hall–Kier alpha value is -2.22. The quantitative estimate of drug-likeness (QED) is 0.408. The van der Waals surface area contributed by atoms with Crippen molar-refractivity contribution >= 4 is 50.0 Å². The molecule has 160 valence electrons. The molecule has 6 nitrogen and oxygen atoms in total. The first-order valence-corrected chi connectivity index (χ1v) is 10.9. The SMILES string of the molecule is CCN(CC)CCOc1cc(NC(=O)c2[nH]c3ccc(Br)cc3c2Cl)ccc1OC. The molecule has 8 heteroatoms. The van der Waals surface area contributed by atoms with Gasteiger partial charge in [0, 0.05) is 33.7 Å². The van der Waals surface area contributed by atoms with E-state index >= 15 is 0 Å². The van der Waals surface area contributed by atoms with E-state index in [1.807, 2.05) is 18.2 Å². The van der Waals surface area contributed by atoms with Gasteiger partial charge in [0.15, 0.2) is 11.5 Å². The fourth-order valence-corrected chi connectivity index (χ4v) is 3.82. The second-order valence-corrected chi connectivity index (χ2v) is 7.99. The van der Waals surface area contributed by atoms with Gasteiger partial charge in [-0.2, -0.15) is 0 Å². The van der Waals surface area contributed by atoms with Crippen LogP contribution in [-0.2, 0) is 0 Å². The van der Waals surface area contributed by atoms with Gasteiger partial charge in [-0.3, -0.25) is 4.79 Å². The molecular weight excluding hydrogens is 470 g/mol. The first kappa shape index (κ1) is 22.5. The Labute approximate surface area is 189 Å². The standard InChI is InChI=1S/C22H25BrClN3O3/c1-4-27(5-2)10-11-30-19-13-15(7-9-18(19)29-3)25-22(28)21-20(24)16-12-14(23)6-8-17(16)26-21/h6-9,12-13,26H,4-5,10-11H2,1-3H3,(H,25,28). The number of carbonyl (C=O) groups excluding carboxylic acids is 1. The molecule has 30 heavy (non-hydrogen) atoms. The zero-order valence-corrected chi connectivity index (χ0v) is 19.6. The van der Waals surface area contributed by atoms with E-state index < -0.39 is 0 Å². The van der Waals surface area contributed by atoms with Crippen molar-refractivity contribution < 1.29 is 14.3 Å². The largest absolute Gasteiger partial charge is 0.493 e. The zero-order chi connectivity index (χ0) is 21.7. The summed E-state index contributed by atoms with van der Waals surface area (Å²) in [6.07, 6.45) is 0. The minimum absolute atomic E-state index is 0.310. The number of rotatable bonds is 9. The summed E-state index contributed by atoms with van der Waals surface area (Å²) >= 11 is 9.86. The van der Waals surface area contributed by atoms with Gasteiger partial charge >= 0.3 is 0 Å². The fourth-order valence-electron chi connectivity index (χ4n) is 3.17. The van der Waals surface area contributed by atoms with Crippen LogP contribution in [0.25, 0.3) is 10.9 Å². The number of aromatic nitrogens is 1. The Kier molecular flexibility index (Phi) is 7.64. The van der Waals surface area contributed by atoms with Crippen molar-refractivity contribution in [2.24, 2.45) is 0 Å². The first-order valence-electron chi connectivity index (χ1n) is 9.78. The molecule has 2 N–H and O–H groups in total. The molecule has 2 aromatic carbocycles. The topological polar surface area (TPSA) is 66.6 Å². The smallest absolute Gasteiger partial charge is 0.273 e. The van der Waals surface area contributed by atoms with Gasteiger partial charge in [0.2, 0.25) is 0 Å². The van der Waals surface area contributed by atoms with Crippen molar-refractivity contribution in [3.8, 4) is 11.5 Å². The Morgan fingerprint density at radius 1 is 1.17 bits per heavy atom. The Morgan fingerprint density at radius 2 is 1.93 bits per heavy atom. The summed E-state index contributed by atoms with van der Waals surface area (Å²) in [5, 5.41) is 4.04. The summed E-state index contributed by atoms with van der Waals surface area (Å²) in [6, 6.07) is 10.9. The molecule has 0 unspecified atom stereocenters. The number of hydrogen-bond donors (Lipinski definition) is 2. The lowest BCUT2D eigenvalue weighted by atomic mass is 10.2. The van der Waals surface area contributed by atoms with Crippen LogP contribution >= 0.6 is 27.5 Å². The van der Waals surface area contributed by atoms with Crippen LogP contribution in [-0.4, -0.2) is 49.1 Å². The molecule has 0 aliphatic heterocycles. The molecule has 0 bridgehead atoms. The highest BCUT2D eigenvalue weighted by atomic mass is 79.9. The van der Waals surface area contributed by atoms with Crippen LogP contribution in [0.4, 0.5) is 5.69 Å². The van der Waals surface area contributed by atoms with E-state index in [-0.39, 0.29) is 5.91 Å². The number of likely N-dealkylation sites (N-methyl/N-ethyl adjacent to an activating group) is 1. The molecule has 0 aliphatic rings. The molecule has 0 spiro atoms. The molecule has 0 fully saturated rings. The highest BCUT2D eigenvalue weighted by Crippen LogP contribution is 2.32. The number of amides is 1. The number of halogens is 2. The minimum atomic E-state index is -0.327.